The van der Waals surface area contributed by atoms with Crippen LogP contribution in [0.2, 0.25) is 0 Å². The Balaban J connectivity index is 2.46. The number of carboxylic acid groups (broad SMARTS) is 1. The molecule has 7 heteroatoms. The van der Waals surface area contributed by atoms with Crippen LogP contribution in [0.5, 0.6) is 0 Å². The van der Waals surface area contributed by atoms with Gasteiger partial charge in [-0.3, -0.25) is 14.4 Å². The highest BCUT2D eigenvalue weighted by molar-refractivity contribution is 6.01. The monoisotopic (exact) mass is 329 g/mol. The lowest BCUT2D eigenvalue weighted by molar-refractivity contribution is -0.138. The van der Waals surface area contributed by atoms with Crippen LogP contribution in [0.15, 0.2) is 30.3 Å². The molecule has 0 aliphatic heterocycles. The number of hydrogen-bond donors (Lipinski definition) is 4. The molecule has 1 amide bonds. The van der Waals surface area contributed by atoms with Crippen molar-refractivity contribution in [2.24, 2.45) is 11.5 Å². The van der Waals surface area contributed by atoms with Crippen molar-refractivity contribution >= 4 is 34.1 Å². The first-order valence-electron chi connectivity index (χ1n) is 7.36. The molecule has 0 spiro atoms. The number of ketones is 1. The molecule has 6 N–H and O–H groups in total. The van der Waals surface area contributed by atoms with Crippen molar-refractivity contribution in [3.05, 3.63) is 41.5 Å². The number of primary amides is 1. The first-order chi connectivity index (χ1) is 11.3. The van der Waals surface area contributed by atoms with Gasteiger partial charge >= 0.3 is 5.97 Å². The van der Waals surface area contributed by atoms with E-state index in [9.17, 15) is 14.4 Å². The van der Waals surface area contributed by atoms with E-state index in [1.807, 2.05) is 0 Å². The summed E-state index contributed by atoms with van der Waals surface area (Å²) in [6.45, 7) is 1.49. The lowest BCUT2D eigenvalue weighted by Gasteiger charge is -2.16. The van der Waals surface area contributed by atoms with Crippen molar-refractivity contribution in [2.45, 2.75) is 19.4 Å². The average Bonchev–Trinajstić information content (AvgIpc) is 2.52. The number of aliphatic carboxylic acids is 1. The van der Waals surface area contributed by atoms with Gasteiger partial charge in [-0.15, -0.1) is 0 Å². The highest BCUT2D eigenvalue weighted by Crippen LogP contribution is 2.28. The van der Waals surface area contributed by atoms with Gasteiger partial charge in [0.25, 0.3) is 0 Å². The highest BCUT2D eigenvalue weighted by Gasteiger charge is 2.15. The molecule has 0 saturated carbocycles. The van der Waals surface area contributed by atoms with E-state index in [1.54, 1.807) is 30.3 Å². The van der Waals surface area contributed by atoms with Gasteiger partial charge in [0, 0.05) is 17.8 Å². The Kier molecular flexibility index (Phi) is 5.15. The number of fused-ring (bicyclic) bond motifs is 1. The van der Waals surface area contributed by atoms with Crippen molar-refractivity contribution in [3.8, 4) is 0 Å². The second kappa shape index (κ2) is 7.10. The SMILES string of the molecule is CC(=O)c1ccc2c(CC(N)=O)c(NC[C@H](N)C(=O)O)ccc2c1. The van der Waals surface area contributed by atoms with E-state index in [4.69, 9.17) is 16.6 Å². The summed E-state index contributed by atoms with van der Waals surface area (Å²) in [4.78, 5) is 33.7. The molecule has 0 aromatic heterocycles. The maximum Gasteiger partial charge on any atom is 0.322 e. The molecule has 7 nitrogen and oxygen atoms in total. The van der Waals surface area contributed by atoms with Gasteiger partial charge in [-0.25, -0.2) is 0 Å². The number of Topliss-reactive ketones (excluding diaryl/α,β-unsaturated/α-hetero) is 1. The van der Waals surface area contributed by atoms with Crippen LogP contribution in [0.1, 0.15) is 22.8 Å². The normalized spacial score (nSPS) is 11.9. The van der Waals surface area contributed by atoms with Crippen molar-refractivity contribution in [3.63, 3.8) is 0 Å². The maximum absolute atomic E-state index is 11.5. The molecular formula is C17H19N3O4. The predicted molar refractivity (Wildman–Crippen MR) is 91.0 cm³/mol. The molecule has 2 rings (SSSR count). The van der Waals surface area contributed by atoms with Gasteiger partial charge in [0.2, 0.25) is 5.91 Å². The fourth-order valence-electron chi connectivity index (χ4n) is 2.45. The minimum Gasteiger partial charge on any atom is -0.480 e. The van der Waals surface area contributed by atoms with Crippen LogP contribution in [-0.2, 0) is 16.0 Å². The standard InChI is InChI=1S/C17H19N3O4/c1-9(21)10-2-4-12-11(6-10)3-5-15(13(12)7-16(19)22)20-8-14(18)17(23)24/h2-6,14,20H,7-8,18H2,1H3,(H2,19,22)(H,23,24)/t14-/m0/s1. The van der Waals surface area contributed by atoms with Gasteiger partial charge in [0.1, 0.15) is 6.04 Å². The number of hydrogen-bond acceptors (Lipinski definition) is 5. The Morgan fingerprint density at radius 3 is 2.50 bits per heavy atom. The van der Waals surface area contributed by atoms with Gasteiger partial charge in [0.05, 0.1) is 6.42 Å². The number of nitrogens with one attached hydrogen (secondary N) is 1. The van der Waals surface area contributed by atoms with Crippen molar-refractivity contribution in [1.82, 2.24) is 0 Å². The summed E-state index contributed by atoms with van der Waals surface area (Å²) in [6.07, 6.45) is -0.0125. The molecule has 0 aliphatic rings. The first kappa shape index (κ1) is 17.4. The van der Waals surface area contributed by atoms with Crippen molar-refractivity contribution < 1.29 is 19.5 Å². The van der Waals surface area contributed by atoms with E-state index in [2.05, 4.69) is 5.32 Å². The summed E-state index contributed by atoms with van der Waals surface area (Å²) >= 11 is 0. The molecule has 2 aromatic rings. The largest absolute Gasteiger partial charge is 0.480 e. The predicted octanol–water partition coefficient (Wildman–Crippen LogP) is 0.894. The Bertz CT molecular complexity index is 817. The van der Waals surface area contributed by atoms with Gasteiger partial charge in [-0.05, 0) is 35.4 Å². The quantitative estimate of drug-likeness (QED) is 0.557. The number of amides is 1. The zero-order valence-electron chi connectivity index (χ0n) is 13.2. The van der Waals surface area contributed by atoms with Crippen LogP contribution in [0.25, 0.3) is 10.8 Å². The fraction of sp³-hybridized carbons (Fsp3) is 0.235. The Morgan fingerprint density at radius 2 is 1.92 bits per heavy atom. The van der Waals surface area contributed by atoms with E-state index in [-0.39, 0.29) is 18.7 Å². The molecule has 0 aliphatic carbocycles. The lowest BCUT2D eigenvalue weighted by Crippen LogP contribution is -2.37. The molecule has 24 heavy (non-hydrogen) atoms. The first-order valence-corrected chi connectivity index (χ1v) is 7.36. The van der Waals surface area contributed by atoms with Crippen molar-refractivity contribution in [1.29, 1.82) is 0 Å². The number of nitrogens with two attached hydrogens (primary N) is 2. The number of carbonyl (C=O) groups excluding carboxylic acids is 2. The number of carboxylic acids is 1. The number of benzene rings is 2. The number of rotatable bonds is 7. The summed E-state index contributed by atoms with van der Waals surface area (Å²) in [5.74, 6) is -1.68. The van der Waals surface area contributed by atoms with Gasteiger partial charge in [-0.1, -0.05) is 18.2 Å². The number of carbonyl (C=O) groups is 3. The Hall–Kier alpha value is -2.93. The van der Waals surface area contributed by atoms with Gasteiger partial charge in [0.15, 0.2) is 5.78 Å². The third-order valence-corrected chi connectivity index (χ3v) is 3.72. The minimum atomic E-state index is -1.12. The Morgan fingerprint density at radius 1 is 1.21 bits per heavy atom. The molecule has 126 valence electrons. The van der Waals surface area contributed by atoms with Crippen molar-refractivity contribution in [2.75, 3.05) is 11.9 Å². The zero-order chi connectivity index (χ0) is 17.9. The van der Waals surface area contributed by atoms with Crippen LogP contribution >= 0.6 is 0 Å². The van der Waals surface area contributed by atoms with E-state index in [1.165, 1.54) is 6.92 Å². The average molecular weight is 329 g/mol. The van der Waals surface area contributed by atoms with E-state index >= 15 is 0 Å². The van der Waals surface area contributed by atoms with Crippen LogP contribution in [0, 0.1) is 0 Å². The smallest absolute Gasteiger partial charge is 0.322 e. The minimum absolute atomic E-state index is 0.0120. The summed E-state index contributed by atoms with van der Waals surface area (Å²) in [5.41, 5.74) is 12.6. The molecule has 0 radical (unpaired) electrons. The van der Waals surface area contributed by atoms with E-state index < -0.39 is 17.9 Å². The molecule has 0 bridgehead atoms. The van der Waals surface area contributed by atoms with Crippen LogP contribution in [0.4, 0.5) is 5.69 Å². The fourth-order valence-corrected chi connectivity index (χ4v) is 2.45. The zero-order valence-corrected chi connectivity index (χ0v) is 13.2. The van der Waals surface area contributed by atoms with E-state index in [0.29, 0.717) is 16.8 Å². The summed E-state index contributed by atoms with van der Waals surface area (Å²) < 4.78 is 0. The summed E-state index contributed by atoms with van der Waals surface area (Å²) in [5, 5.41) is 13.4. The summed E-state index contributed by atoms with van der Waals surface area (Å²) in [7, 11) is 0. The van der Waals surface area contributed by atoms with Gasteiger partial charge < -0.3 is 21.9 Å². The van der Waals surface area contributed by atoms with Crippen LogP contribution < -0.4 is 16.8 Å². The molecule has 2 aromatic carbocycles. The third kappa shape index (κ3) is 3.88. The molecule has 0 fully saturated rings. The number of anilines is 1. The maximum atomic E-state index is 11.5. The molecule has 1 atom stereocenters. The highest BCUT2D eigenvalue weighted by atomic mass is 16.4. The molecule has 0 heterocycles. The van der Waals surface area contributed by atoms with Crippen LogP contribution in [0.3, 0.4) is 0 Å². The lowest BCUT2D eigenvalue weighted by atomic mass is 9.97. The van der Waals surface area contributed by atoms with E-state index in [0.717, 1.165) is 10.8 Å². The summed E-state index contributed by atoms with van der Waals surface area (Å²) in [6, 6.07) is 7.63. The molecular weight excluding hydrogens is 310 g/mol. The second-order valence-electron chi connectivity index (χ2n) is 5.55. The molecule has 0 unspecified atom stereocenters. The topological polar surface area (TPSA) is 136 Å². The van der Waals surface area contributed by atoms with Crippen LogP contribution in [-0.4, -0.2) is 35.4 Å². The van der Waals surface area contributed by atoms with Gasteiger partial charge in [-0.2, -0.15) is 0 Å². The molecule has 0 saturated heterocycles. The Labute approximate surface area is 138 Å². The second-order valence-corrected chi connectivity index (χ2v) is 5.55. The third-order valence-electron chi connectivity index (χ3n) is 3.72.